The third kappa shape index (κ3) is 20.2. The lowest BCUT2D eigenvalue weighted by molar-refractivity contribution is -0.112. The molecule has 3 aromatic carbocycles. The summed E-state index contributed by atoms with van der Waals surface area (Å²) in [6.07, 6.45) is 8.91. The Kier molecular flexibility index (Phi) is 25.6. The number of nitrogens with zero attached hydrogens (tertiary/aromatic N) is 4. The number of aliphatic hydroxyl groups is 1. The molecule has 4 saturated heterocycles. The predicted octanol–water partition coefficient (Wildman–Crippen LogP) is 9.16. The van der Waals surface area contributed by atoms with Crippen LogP contribution in [0.5, 0.6) is 0 Å². The summed E-state index contributed by atoms with van der Waals surface area (Å²) in [6.45, 7) is 24.4. The second kappa shape index (κ2) is 31.3. The highest BCUT2D eigenvalue weighted by Crippen LogP contribution is 2.33. The molecule has 4 fully saturated rings. The van der Waals surface area contributed by atoms with Gasteiger partial charge in [0.05, 0.1) is 68.8 Å². The van der Waals surface area contributed by atoms with Gasteiger partial charge in [-0.1, -0.05) is 26.0 Å². The van der Waals surface area contributed by atoms with E-state index < -0.39 is 65.3 Å². The molecule has 0 aliphatic carbocycles. The van der Waals surface area contributed by atoms with Crippen LogP contribution in [0, 0.1) is 0 Å². The summed E-state index contributed by atoms with van der Waals surface area (Å²) in [5, 5.41) is 16.2. The SMILES string of the molecule is CC(C)(C)OC(=O)N1CCC[C@H]1CO.CC[C@@H]1CCCN1C(=O)OC(C)(C)C.CC[C@@H]1CCCN1S(=O)(=O)c1ccc2c(c1)C(=O)C(=O)N2.COC[C@@H]1CCCN1C(=O)OC(C)(C)C.O=C1Nc2ccc(S(=O)(=O)Cl)cc2C1=O.O=C1Nc2ccccc2C1=O. The Bertz CT molecular complexity index is 3330. The van der Waals surface area contributed by atoms with E-state index in [2.05, 4.69) is 22.9 Å². The van der Waals surface area contributed by atoms with E-state index in [1.54, 1.807) is 41.2 Å². The first-order valence-electron chi connectivity index (χ1n) is 29.9. The highest BCUT2D eigenvalue weighted by Gasteiger charge is 2.38. The van der Waals surface area contributed by atoms with Gasteiger partial charge >= 0.3 is 18.3 Å². The van der Waals surface area contributed by atoms with Crippen molar-refractivity contribution in [1.82, 2.24) is 19.0 Å². The minimum Gasteiger partial charge on any atom is -0.444 e. The molecule has 28 heteroatoms. The number of hydrogen-bond acceptors (Lipinski definition) is 18. The fraction of sp³-hybridized carbons (Fsp3) is 0.565. The van der Waals surface area contributed by atoms with Gasteiger partial charge in [-0.3, -0.25) is 28.8 Å². The molecule has 3 aromatic rings. The zero-order chi connectivity index (χ0) is 67.3. The van der Waals surface area contributed by atoms with Gasteiger partial charge in [0.1, 0.15) is 16.8 Å². The van der Waals surface area contributed by atoms with Crippen molar-refractivity contribution in [2.75, 3.05) is 62.5 Å². The highest BCUT2D eigenvalue weighted by atomic mass is 35.7. The number of nitrogens with one attached hydrogen (secondary N) is 3. The lowest BCUT2D eigenvalue weighted by Crippen LogP contribution is -2.41. The molecule has 0 unspecified atom stereocenters. The van der Waals surface area contributed by atoms with Gasteiger partial charge < -0.3 is 54.7 Å². The van der Waals surface area contributed by atoms with Crippen molar-refractivity contribution in [3.8, 4) is 0 Å². The van der Waals surface area contributed by atoms with Crippen LogP contribution in [0.25, 0.3) is 0 Å². The number of carbonyl (C=O) groups excluding carboxylic acids is 9. The standard InChI is InChI=1S/C14H16N2O4S.C11H21NO3.C11H21NO2.C10H19NO3.C8H4ClNO4S.C8H5NO2/c1-2-9-4-3-7-16(9)21(19,20)10-5-6-12-11(8-10)13(17)14(18)15-12;1-11(2,3)15-10(13)12-7-5-6-9(12)8-14-4;1-5-9-7-6-8-12(9)10(13)14-11(2,3)4;1-10(2,3)14-9(13)11-6-4-5-8(11)7-12;9-15(13,14)4-1-2-6-5(3-4)7(11)8(12)10-6;10-7-5-3-1-2-4-6(5)9-8(7)11/h5-6,8-9H,2-4,7H2,1H3,(H,15,17,18);9H,5-8H2,1-4H3;9H,5-8H2,1-4H3;8,12H,4-7H2,1-3H3;1-3H,(H,10,11,12);1-4H,(H,9,10,11)/t3*9-;8-;;/m1010../s1. The van der Waals surface area contributed by atoms with E-state index in [0.717, 1.165) is 83.4 Å². The van der Waals surface area contributed by atoms with Crippen LogP contribution in [0.15, 0.2) is 70.5 Å². The normalized spacial score (nSPS) is 20.2. The van der Waals surface area contributed by atoms with Gasteiger partial charge in [0.2, 0.25) is 10.0 Å². The van der Waals surface area contributed by atoms with Crippen LogP contribution < -0.4 is 16.0 Å². The average Bonchev–Trinajstić information content (AvgIpc) is 1.67. The topological polar surface area (TPSA) is 328 Å². The van der Waals surface area contributed by atoms with E-state index in [4.69, 9.17) is 34.7 Å². The maximum absolute atomic E-state index is 12.7. The van der Waals surface area contributed by atoms with Crippen LogP contribution in [0.1, 0.15) is 171 Å². The van der Waals surface area contributed by atoms with Crippen LogP contribution >= 0.6 is 10.7 Å². The fourth-order valence-electron chi connectivity index (χ4n) is 10.5. The Morgan fingerprint density at radius 1 is 0.522 bits per heavy atom. The first-order chi connectivity index (χ1) is 41.9. The Morgan fingerprint density at radius 2 is 0.889 bits per heavy atom. The summed E-state index contributed by atoms with van der Waals surface area (Å²) in [5.41, 5.74) is 0.663. The number of carbonyl (C=O) groups is 9. The van der Waals surface area contributed by atoms with Crippen LogP contribution in [-0.2, 0) is 52.4 Å². The molecular formula is C62H86ClN7O18S2. The summed E-state index contributed by atoms with van der Waals surface area (Å²) in [6, 6.07) is 15.2. The molecule has 7 aliphatic rings. The Morgan fingerprint density at radius 3 is 1.31 bits per heavy atom. The number of aliphatic hydroxyl groups excluding tert-OH is 1. The van der Waals surface area contributed by atoms with Gasteiger partial charge in [-0.15, -0.1) is 0 Å². The molecule has 0 aromatic heterocycles. The van der Waals surface area contributed by atoms with Crippen molar-refractivity contribution < 1.29 is 84.0 Å². The number of sulfonamides is 1. The monoisotopic (exact) mass is 1320 g/mol. The minimum absolute atomic E-state index is 0.0127. The Hall–Kier alpha value is -7.04. The Labute approximate surface area is 531 Å². The molecule has 90 heavy (non-hydrogen) atoms. The van der Waals surface area contributed by atoms with Gasteiger partial charge in [-0.25, -0.2) is 31.2 Å². The summed E-state index contributed by atoms with van der Waals surface area (Å²) in [7, 11) is -0.747. The maximum atomic E-state index is 12.7. The first kappa shape index (κ1) is 73.7. The van der Waals surface area contributed by atoms with Crippen LogP contribution in [0.3, 0.4) is 0 Å². The van der Waals surface area contributed by atoms with Crippen molar-refractivity contribution in [2.45, 2.75) is 191 Å². The summed E-state index contributed by atoms with van der Waals surface area (Å²) in [4.78, 5) is 107. The lowest BCUT2D eigenvalue weighted by atomic mass is 10.1. The number of rotatable bonds is 8. The van der Waals surface area contributed by atoms with Crippen molar-refractivity contribution in [3.05, 3.63) is 77.4 Å². The number of anilines is 3. The molecule has 7 aliphatic heterocycles. The van der Waals surface area contributed by atoms with Crippen LogP contribution in [-0.4, -0.2) is 182 Å². The molecule has 0 spiro atoms. The van der Waals surface area contributed by atoms with E-state index in [1.165, 1.54) is 34.6 Å². The molecule has 4 atom stereocenters. The largest absolute Gasteiger partial charge is 0.444 e. The number of amides is 6. The number of hydrogen-bond donors (Lipinski definition) is 4. The van der Waals surface area contributed by atoms with Crippen LogP contribution in [0.4, 0.5) is 31.4 Å². The lowest BCUT2D eigenvalue weighted by Gasteiger charge is -2.28. The van der Waals surface area contributed by atoms with E-state index in [9.17, 15) is 60.0 Å². The minimum atomic E-state index is -3.88. The third-order valence-electron chi connectivity index (χ3n) is 14.7. The zero-order valence-electron chi connectivity index (χ0n) is 53.3. The molecule has 496 valence electrons. The smallest absolute Gasteiger partial charge is 0.410 e. The number of benzene rings is 3. The summed E-state index contributed by atoms with van der Waals surface area (Å²) >= 11 is 0. The van der Waals surface area contributed by atoms with Crippen molar-refractivity contribution in [1.29, 1.82) is 0 Å². The second-order valence-electron chi connectivity index (χ2n) is 25.0. The first-order valence-corrected chi connectivity index (χ1v) is 33.7. The number of halogens is 1. The fourth-order valence-corrected chi connectivity index (χ4v) is 13.1. The molecule has 0 saturated carbocycles. The number of Topliss-reactive ketones (excluding diaryl/α,β-unsaturated/α-hetero) is 3. The van der Waals surface area contributed by atoms with Crippen molar-refractivity contribution >= 4 is 100 Å². The molecule has 4 N–H and O–H groups in total. The quantitative estimate of drug-likeness (QED) is 0.0927. The summed E-state index contributed by atoms with van der Waals surface area (Å²) in [5.74, 6) is -3.91. The van der Waals surface area contributed by atoms with Gasteiger partial charge in [0.25, 0.3) is 44.1 Å². The number of methoxy groups -OCH3 is 1. The third-order valence-corrected chi connectivity index (χ3v) is 18.0. The summed E-state index contributed by atoms with van der Waals surface area (Å²) < 4.78 is 69.8. The van der Waals surface area contributed by atoms with Crippen molar-refractivity contribution in [3.63, 3.8) is 0 Å². The molecule has 0 radical (unpaired) electrons. The molecule has 10 rings (SSSR count). The number of para-hydroxylation sites is 1. The molecule has 25 nitrogen and oxygen atoms in total. The van der Waals surface area contributed by atoms with E-state index in [-0.39, 0.29) is 69.5 Å². The van der Waals surface area contributed by atoms with Gasteiger partial charge in [0.15, 0.2) is 0 Å². The average molecular weight is 1320 g/mol. The number of ketones is 3. The highest BCUT2D eigenvalue weighted by molar-refractivity contribution is 8.13. The molecule has 7 heterocycles. The number of likely N-dealkylation sites (tertiary alicyclic amines) is 3. The molecule has 6 amide bonds. The van der Waals surface area contributed by atoms with Crippen LogP contribution in [0.2, 0.25) is 0 Å². The van der Waals surface area contributed by atoms with Gasteiger partial charge in [-0.2, -0.15) is 4.31 Å². The predicted molar refractivity (Wildman–Crippen MR) is 336 cm³/mol. The van der Waals surface area contributed by atoms with Gasteiger partial charge in [-0.05, 0) is 175 Å². The second-order valence-corrected chi connectivity index (χ2v) is 29.5. The number of ether oxygens (including phenoxy) is 4. The molecule has 0 bridgehead atoms. The van der Waals surface area contributed by atoms with E-state index >= 15 is 0 Å². The Balaban J connectivity index is 0.000000198. The molecular weight excluding hydrogens is 1230 g/mol. The van der Waals surface area contributed by atoms with E-state index in [1.807, 2.05) is 74.1 Å². The zero-order valence-corrected chi connectivity index (χ0v) is 55.7. The van der Waals surface area contributed by atoms with Gasteiger partial charge in [0, 0.05) is 56.1 Å². The van der Waals surface area contributed by atoms with Crippen molar-refractivity contribution in [2.24, 2.45) is 0 Å². The van der Waals surface area contributed by atoms with E-state index in [0.29, 0.717) is 48.4 Å². The number of fused-ring (bicyclic) bond motifs is 3. The maximum Gasteiger partial charge on any atom is 0.410 e.